The maximum absolute atomic E-state index is 13.3. The summed E-state index contributed by atoms with van der Waals surface area (Å²) in [5.41, 5.74) is 0.0444. The van der Waals surface area contributed by atoms with Gasteiger partial charge in [-0.2, -0.15) is 0 Å². The SMILES string of the molecule is O=C(OCC[C@@H](Cc1cnccn1)CN1CCCC1)C(O)(c1ccccc1)C1CCCCC1. The molecule has 1 saturated heterocycles. The molecule has 2 aromatic rings. The van der Waals surface area contributed by atoms with Crippen molar-refractivity contribution < 1.29 is 14.6 Å². The van der Waals surface area contributed by atoms with Crippen LogP contribution in [0.2, 0.25) is 0 Å². The van der Waals surface area contributed by atoms with E-state index in [4.69, 9.17) is 4.74 Å². The van der Waals surface area contributed by atoms with Gasteiger partial charge < -0.3 is 14.7 Å². The van der Waals surface area contributed by atoms with Crippen LogP contribution in [-0.2, 0) is 21.6 Å². The van der Waals surface area contributed by atoms with Gasteiger partial charge in [-0.25, -0.2) is 4.79 Å². The molecule has 0 amide bonds. The van der Waals surface area contributed by atoms with E-state index in [0.29, 0.717) is 18.1 Å². The molecule has 2 fully saturated rings. The molecular weight excluding hydrogens is 414 g/mol. The lowest BCUT2D eigenvalue weighted by atomic mass is 9.73. The Morgan fingerprint density at radius 2 is 1.85 bits per heavy atom. The summed E-state index contributed by atoms with van der Waals surface area (Å²) < 4.78 is 5.80. The first-order valence-corrected chi connectivity index (χ1v) is 12.6. The average Bonchev–Trinajstić information content (AvgIpc) is 3.38. The number of aromatic nitrogens is 2. The molecule has 0 radical (unpaired) electrons. The van der Waals surface area contributed by atoms with Gasteiger partial charge in [-0.1, -0.05) is 49.6 Å². The predicted octanol–water partition coefficient (Wildman–Crippen LogP) is 4.13. The lowest BCUT2D eigenvalue weighted by Gasteiger charge is -2.37. The van der Waals surface area contributed by atoms with Crippen molar-refractivity contribution in [2.75, 3.05) is 26.2 Å². The van der Waals surface area contributed by atoms with Crippen molar-refractivity contribution >= 4 is 5.97 Å². The minimum Gasteiger partial charge on any atom is -0.463 e. The number of esters is 1. The maximum atomic E-state index is 13.3. The van der Waals surface area contributed by atoms with E-state index in [9.17, 15) is 9.90 Å². The monoisotopic (exact) mass is 451 g/mol. The number of hydrogen-bond donors (Lipinski definition) is 1. The van der Waals surface area contributed by atoms with Crippen molar-refractivity contribution in [3.8, 4) is 0 Å². The van der Waals surface area contributed by atoms with Crippen molar-refractivity contribution in [2.24, 2.45) is 11.8 Å². The van der Waals surface area contributed by atoms with Gasteiger partial charge in [0.25, 0.3) is 0 Å². The molecule has 1 unspecified atom stereocenters. The van der Waals surface area contributed by atoms with Gasteiger partial charge in [-0.05, 0) is 63.1 Å². The zero-order chi connectivity index (χ0) is 22.9. The van der Waals surface area contributed by atoms with E-state index in [1.54, 1.807) is 12.4 Å². The lowest BCUT2D eigenvalue weighted by Crippen LogP contribution is -2.45. The van der Waals surface area contributed by atoms with Crippen molar-refractivity contribution in [3.63, 3.8) is 0 Å². The Labute approximate surface area is 197 Å². The first-order chi connectivity index (χ1) is 16.2. The Bertz CT molecular complexity index is 851. The molecule has 6 heteroatoms. The molecule has 2 atom stereocenters. The molecule has 4 rings (SSSR count). The fourth-order valence-electron chi connectivity index (χ4n) is 5.48. The summed E-state index contributed by atoms with van der Waals surface area (Å²) in [6, 6.07) is 9.36. The number of nitrogens with zero attached hydrogens (tertiary/aromatic N) is 3. The normalized spacial score (nSPS) is 20.3. The molecule has 178 valence electrons. The van der Waals surface area contributed by atoms with Crippen molar-refractivity contribution in [3.05, 3.63) is 60.2 Å². The number of likely N-dealkylation sites (tertiary alicyclic amines) is 1. The molecule has 6 nitrogen and oxygen atoms in total. The molecule has 1 N–H and O–H groups in total. The van der Waals surface area contributed by atoms with E-state index in [1.807, 2.05) is 36.5 Å². The van der Waals surface area contributed by atoms with Crippen LogP contribution < -0.4 is 0 Å². The molecule has 1 aliphatic carbocycles. The fraction of sp³-hybridized carbons (Fsp3) is 0.593. The Morgan fingerprint density at radius 1 is 1.09 bits per heavy atom. The third-order valence-electron chi connectivity index (χ3n) is 7.31. The van der Waals surface area contributed by atoms with Gasteiger partial charge in [0.2, 0.25) is 0 Å². The smallest absolute Gasteiger partial charge is 0.343 e. The van der Waals surface area contributed by atoms with Crippen LogP contribution in [0.1, 0.15) is 62.6 Å². The minimum atomic E-state index is -1.57. The van der Waals surface area contributed by atoms with Crippen molar-refractivity contribution in [1.29, 1.82) is 0 Å². The standard InChI is InChI=1S/C27H37N3O3/c31-26(27(32,23-9-3-1-4-10-23)24-11-5-2-6-12-24)33-18-13-22(21-30-16-7-8-17-30)19-25-20-28-14-15-29-25/h1,3-4,9-10,14-15,20,22,24,32H,2,5-8,11-13,16-19,21H2/t22-,27?/m0/s1. The van der Waals surface area contributed by atoms with E-state index >= 15 is 0 Å². The number of carbonyl (C=O) groups excluding carboxylic acids is 1. The molecular formula is C27H37N3O3. The van der Waals surface area contributed by atoms with Crippen molar-refractivity contribution in [1.82, 2.24) is 14.9 Å². The van der Waals surface area contributed by atoms with Crippen LogP contribution in [0.4, 0.5) is 0 Å². The fourth-order valence-corrected chi connectivity index (χ4v) is 5.48. The highest BCUT2D eigenvalue weighted by molar-refractivity contribution is 5.81. The maximum Gasteiger partial charge on any atom is 0.343 e. The van der Waals surface area contributed by atoms with Gasteiger partial charge in [0, 0.05) is 31.1 Å². The van der Waals surface area contributed by atoms with Gasteiger partial charge in [0.05, 0.1) is 12.3 Å². The summed E-state index contributed by atoms with van der Waals surface area (Å²) in [5, 5.41) is 11.7. The van der Waals surface area contributed by atoms with Crippen LogP contribution in [0.5, 0.6) is 0 Å². The van der Waals surface area contributed by atoms with Crippen LogP contribution >= 0.6 is 0 Å². The predicted molar refractivity (Wildman–Crippen MR) is 127 cm³/mol. The number of benzene rings is 1. The average molecular weight is 452 g/mol. The molecule has 1 saturated carbocycles. The summed E-state index contributed by atoms with van der Waals surface area (Å²) in [6.07, 6.45) is 14.3. The van der Waals surface area contributed by atoms with E-state index in [2.05, 4.69) is 14.9 Å². The molecule has 1 aromatic heterocycles. The molecule has 2 aliphatic rings. The largest absolute Gasteiger partial charge is 0.463 e. The van der Waals surface area contributed by atoms with E-state index in [0.717, 1.165) is 70.3 Å². The topological polar surface area (TPSA) is 75.5 Å². The summed E-state index contributed by atoms with van der Waals surface area (Å²) in [4.78, 5) is 24.5. The third kappa shape index (κ3) is 6.18. The van der Waals surface area contributed by atoms with Crippen LogP contribution in [0.25, 0.3) is 0 Å². The highest BCUT2D eigenvalue weighted by Crippen LogP contribution is 2.40. The molecule has 0 spiro atoms. The van der Waals surface area contributed by atoms with Crippen LogP contribution in [-0.4, -0.2) is 52.2 Å². The molecule has 1 aliphatic heterocycles. The molecule has 2 heterocycles. The van der Waals surface area contributed by atoms with Crippen LogP contribution in [0.15, 0.2) is 48.9 Å². The number of aliphatic hydroxyl groups is 1. The number of carbonyl (C=O) groups is 1. The van der Waals surface area contributed by atoms with Gasteiger partial charge in [0.15, 0.2) is 5.60 Å². The summed E-state index contributed by atoms with van der Waals surface area (Å²) in [5.74, 6) is -0.270. The van der Waals surface area contributed by atoms with E-state index in [1.165, 1.54) is 12.8 Å². The third-order valence-corrected chi connectivity index (χ3v) is 7.31. The summed E-state index contributed by atoms with van der Waals surface area (Å²) in [7, 11) is 0. The Balaban J connectivity index is 1.41. The van der Waals surface area contributed by atoms with E-state index in [-0.39, 0.29) is 5.92 Å². The van der Waals surface area contributed by atoms with Crippen LogP contribution in [0, 0.1) is 11.8 Å². The first kappa shape index (κ1) is 23.8. The van der Waals surface area contributed by atoms with E-state index < -0.39 is 11.6 Å². The highest BCUT2D eigenvalue weighted by atomic mass is 16.5. The lowest BCUT2D eigenvalue weighted by molar-refractivity contribution is -0.176. The quantitative estimate of drug-likeness (QED) is 0.548. The van der Waals surface area contributed by atoms with Gasteiger partial charge in [-0.15, -0.1) is 0 Å². The van der Waals surface area contributed by atoms with Gasteiger partial charge in [0.1, 0.15) is 0 Å². The van der Waals surface area contributed by atoms with Crippen LogP contribution in [0.3, 0.4) is 0 Å². The first-order valence-electron chi connectivity index (χ1n) is 12.6. The second-order valence-corrected chi connectivity index (χ2v) is 9.67. The number of ether oxygens (including phenoxy) is 1. The number of hydrogen-bond acceptors (Lipinski definition) is 6. The second-order valence-electron chi connectivity index (χ2n) is 9.67. The molecule has 33 heavy (non-hydrogen) atoms. The highest BCUT2D eigenvalue weighted by Gasteiger charge is 2.47. The molecule has 0 bridgehead atoms. The van der Waals surface area contributed by atoms with Crippen molar-refractivity contribution in [2.45, 2.75) is 63.4 Å². The summed E-state index contributed by atoms with van der Waals surface area (Å²) >= 11 is 0. The van der Waals surface area contributed by atoms with Gasteiger partial charge in [-0.3, -0.25) is 9.97 Å². The zero-order valence-electron chi connectivity index (χ0n) is 19.6. The Hall–Kier alpha value is -2.31. The zero-order valence-corrected chi connectivity index (χ0v) is 19.6. The minimum absolute atomic E-state index is 0.0962. The Morgan fingerprint density at radius 3 is 2.55 bits per heavy atom. The summed E-state index contributed by atoms with van der Waals surface area (Å²) in [6.45, 7) is 3.54. The number of rotatable bonds is 10. The molecule has 1 aromatic carbocycles. The van der Waals surface area contributed by atoms with Gasteiger partial charge >= 0.3 is 5.97 Å². The Kier molecular flexibility index (Phi) is 8.46. The second kappa shape index (κ2) is 11.7.